The smallest absolute Gasteiger partial charge is 0.245 e. The van der Waals surface area contributed by atoms with E-state index in [1.54, 1.807) is 0 Å². The van der Waals surface area contributed by atoms with Gasteiger partial charge in [0.15, 0.2) is 5.84 Å². The Hall–Kier alpha value is -1.30. The molecule has 0 saturated carbocycles. The van der Waals surface area contributed by atoms with Gasteiger partial charge in [0, 0.05) is 12.1 Å². The molecule has 1 saturated heterocycles. The summed E-state index contributed by atoms with van der Waals surface area (Å²) in [5.74, 6) is -0.808. The maximum atomic E-state index is 12.1. The molecule has 1 fully saturated rings. The molecule has 104 valence electrons. The average molecular weight is 256 g/mol. The molecule has 3 unspecified atom stereocenters. The monoisotopic (exact) mass is 256 g/mol. The fraction of sp³-hybridized carbons (Fsp3) is 0.833. The van der Waals surface area contributed by atoms with E-state index in [0.717, 1.165) is 12.8 Å². The standard InChI is InChI=1S/C12H24N4O2/c1-4-10(11(13)15-18)12(17)14-16-8(2)6-5-7-9(16)3/h8-10,18H,4-7H2,1-3H3,(H2,13,15)(H,14,17). The van der Waals surface area contributed by atoms with Crippen molar-refractivity contribution in [3.05, 3.63) is 0 Å². The predicted molar refractivity (Wildman–Crippen MR) is 69.9 cm³/mol. The predicted octanol–water partition coefficient (Wildman–Crippen LogP) is 1.05. The molecule has 0 aromatic heterocycles. The lowest BCUT2D eigenvalue weighted by molar-refractivity contribution is -0.131. The van der Waals surface area contributed by atoms with Crippen molar-refractivity contribution in [2.24, 2.45) is 16.8 Å². The van der Waals surface area contributed by atoms with Gasteiger partial charge in [0.25, 0.3) is 0 Å². The van der Waals surface area contributed by atoms with Crippen LogP contribution >= 0.6 is 0 Å². The number of carbonyl (C=O) groups is 1. The van der Waals surface area contributed by atoms with Crippen molar-refractivity contribution >= 4 is 11.7 Å². The van der Waals surface area contributed by atoms with Crippen molar-refractivity contribution in [1.82, 2.24) is 10.4 Å². The maximum Gasteiger partial charge on any atom is 0.245 e. The second kappa shape index (κ2) is 6.58. The highest BCUT2D eigenvalue weighted by Crippen LogP contribution is 2.20. The normalized spacial score (nSPS) is 27.8. The fourth-order valence-corrected chi connectivity index (χ4v) is 2.45. The number of nitrogens with zero attached hydrogens (tertiary/aromatic N) is 2. The summed E-state index contributed by atoms with van der Waals surface area (Å²) in [5.41, 5.74) is 8.43. The SMILES string of the molecule is CCC(C(=O)NN1C(C)CCCC1C)C(N)=NO. The van der Waals surface area contributed by atoms with Crippen molar-refractivity contribution in [3.8, 4) is 0 Å². The number of hydrogen-bond donors (Lipinski definition) is 3. The first-order valence-electron chi connectivity index (χ1n) is 6.57. The Labute approximate surface area is 108 Å². The van der Waals surface area contributed by atoms with Crippen molar-refractivity contribution in [3.63, 3.8) is 0 Å². The number of hydrogen-bond acceptors (Lipinski definition) is 4. The van der Waals surface area contributed by atoms with Crippen molar-refractivity contribution < 1.29 is 10.0 Å². The van der Waals surface area contributed by atoms with Crippen LogP contribution in [0.15, 0.2) is 5.16 Å². The van der Waals surface area contributed by atoms with Crippen LogP contribution in [0.3, 0.4) is 0 Å². The van der Waals surface area contributed by atoms with Crippen LogP contribution in [0.2, 0.25) is 0 Å². The van der Waals surface area contributed by atoms with Gasteiger partial charge in [-0.3, -0.25) is 10.2 Å². The lowest BCUT2D eigenvalue weighted by Gasteiger charge is -2.39. The zero-order chi connectivity index (χ0) is 13.7. The number of nitrogens with two attached hydrogens (primary N) is 1. The van der Waals surface area contributed by atoms with Gasteiger partial charge in [-0.05, 0) is 33.1 Å². The molecule has 6 heteroatoms. The summed E-state index contributed by atoms with van der Waals surface area (Å²) in [6.07, 6.45) is 3.85. The van der Waals surface area contributed by atoms with E-state index in [2.05, 4.69) is 24.4 Å². The van der Waals surface area contributed by atoms with E-state index >= 15 is 0 Å². The van der Waals surface area contributed by atoms with Gasteiger partial charge in [0.05, 0.1) is 5.92 Å². The first-order valence-corrected chi connectivity index (χ1v) is 6.57. The number of rotatable bonds is 4. The van der Waals surface area contributed by atoms with Crippen molar-refractivity contribution in [2.45, 2.75) is 58.5 Å². The number of carbonyl (C=O) groups excluding carboxylic acids is 1. The van der Waals surface area contributed by atoms with Gasteiger partial charge in [-0.1, -0.05) is 18.5 Å². The van der Waals surface area contributed by atoms with E-state index in [1.165, 1.54) is 6.42 Å². The van der Waals surface area contributed by atoms with E-state index < -0.39 is 5.92 Å². The van der Waals surface area contributed by atoms with Crippen LogP contribution in [0, 0.1) is 5.92 Å². The molecule has 0 aromatic rings. The summed E-state index contributed by atoms with van der Waals surface area (Å²) in [7, 11) is 0. The largest absolute Gasteiger partial charge is 0.409 e. The minimum atomic E-state index is -0.573. The molecule has 6 nitrogen and oxygen atoms in total. The fourth-order valence-electron chi connectivity index (χ4n) is 2.45. The molecule has 1 aliphatic rings. The molecule has 0 spiro atoms. The van der Waals surface area contributed by atoms with Gasteiger partial charge in [-0.25, -0.2) is 5.01 Å². The van der Waals surface area contributed by atoms with E-state index in [9.17, 15) is 4.79 Å². The van der Waals surface area contributed by atoms with Gasteiger partial charge in [-0.15, -0.1) is 0 Å². The topological polar surface area (TPSA) is 91.0 Å². The Kier molecular flexibility index (Phi) is 5.40. The minimum Gasteiger partial charge on any atom is -0.409 e. The van der Waals surface area contributed by atoms with Crippen LogP contribution in [0.4, 0.5) is 0 Å². The van der Waals surface area contributed by atoms with Gasteiger partial charge in [0.2, 0.25) is 5.91 Å². The van der Waals surface area contributed by atoms with E-state index in [0.29, 0.717) is 18.5 Å². The number of amides is 1. The molecule has 3 atom stereocenters. The number of nitrogens with one attached hydrogen (secondary N) is 1. The Morgan fingerprint density at radius 1 is 1.50 bits per heavy atom. The lowest BCUT2D eigenvalue weighted by Crippen LogP contribution is -2.56. The van der Waals surface area contributed by atoms with Crippen LogP contribution in [0.5, 0.6) is 0 Å². The van der Waals surface area contributed by atoms with Crippen LogP contribution < -0.4 is 11.2 Å². The molecule has 18 heavy (non-hydrogen) atoms. The van der Waals surface area contributed by atoms with Gasteiger partial charge >= 0.3 is 0 Å². The summed E-state index contributed by atoms with van der Waals surface area (Å²) >= 11 is 0. The van der Waals surface area contributed by atoms with E-state index in [1.807, 2.05) is 11.9 Å². The van der Waals surface area contributed by atoms with Crippen molar-refractivity contribution in [1.29, 1.82) is 0 Å². The molecule has 4 N–H and O–H groups in total. The number of piperidine rings is 1. The molecular formula is C12H24N4O2. The van der Waals surface area contributed by atoms with E-state index in [-0.39, 0.29) is 11.7 Å². The highest BCUT2D eigenvalue weighted by atomic mass is 16.4. The van der Waals surface area contributed by atoms with Crippen LogP contribution in [-0.4, -0.2) is 34.0 Å². The third kappa shape index (κ3) is 3.35. The summed E-state index contributed by atoms with van der Waals surface area (Å²) in [4.78, 5) is 12.1. The quantitative estimate of drug-likeness (QED) is 0.303. The molecule has 0 bridgehead atoms. The zero-order valence-corrected chi connectivity index (χ0v) is 11.4. The van der Waals surface area contributed by atoms with Gasteiger partial charge in [-0.2, -0.15) is 0 Å². The Bertz CT molecular complexity index is 309. The molecule has 1 rings (SSSR count). The average Bonchev–Trinajstić information content (AvgIpc) is 2.34. The Balaban J connectivity index is 2.67. The summed E-state index contributed by atoms with van der Waals surface area (Å²) in [6, 6.07) is 0.644. The van der Waals surface area contributed by atoms with Gasteiger partial charge < -0.3 is 10.9 Å². The third-order valence-electron chi connectivity index (χ3n) is 3.63. The molecule has 1 amide bonds. The summed E-state index contributed by atoms with van der Waals surface area (Å²) in [6.45, 7) is 6.03. The molecule has 0 aliphatic carbocycles. The van der Waals surface area contributed by atoms with Gasteiger partial charge in [0.1, 0.15) is 0 Å². The number of amidine groups is 1. The number of hydrazine groups is 1. The Morgan fingerprint density at radius 2 is 2.06 bits per heavy atom. The first-order chi connectivity index (χ1) is 8.51. The second-order valence-electron chi connectivity index (χ2n) is 5.00. The molecular weight excluding hydrogens is 232 g/mol. The van der Waals surface area contributed by atoms with Crippen molar-refractivity contribution in [2.75, 3.05) is 0 Å². The number of oxime groups is 1. The zero-order valence-electron chi connectivity index (χ0n) is 11.4. The summed E-state index contributed by atoms with van der Waals surface area (Å²) < 4.78 is 0. The highest BCUT2D eigenvalue weighted by molar-refractivity contribution is 6.01. The lowest BCUT2D eigenvalue weighted by atomic mass is 9.99. The first kappa shape index (κ1) is 14.8. The highest BCUT2D eigenvalue weighted by Gasteiger charge is 2.29. The van der Waals surface area contributed by atoms with Crippen LogP contribution in [0.1, 0.15) is 46.5 Å². The maximum absolute atomic E-state index is 12.1. The molecule has 0 radical (unpaired) electrons. The third-order valence-corrected chi connectivity index (χ3v) is 3.63. The van der Waals surface area contributed by atoms with Crippen LogP contribution in [-0.2, 0) is 4.79 Å². The molecule has 1 heterocycles. The Morgan fingerprint density at radius 3 is 2.50 bits per heavy atom. The molecule has 0 aromatic carbocycles. The summed E-state index contributed by atoms with van der Waals surface area (Å²) in [5, 5.41) is 13.6. The van der Waals surface area contributed by atoms with E-state index in [4.69, 9.17) is 10.9 Å². The minimum absolute atomic E-state index is 0.0349. The molecule has 1 aliphatic heterocycles. The second-order valence-corrected chi connectivity index (χ2v) is 5.00. The van der Waals surface area contributed by atoms with Crippen LogP contribution in [0.25, 0.3) is 0 Å².